The third-order valence-corrected chi connectivity index (χ3v) is 5.73. The molecule has 3 N–H and O–H groups in total. The van der Waals surface area contributed by atoms with Crippen molar-refractivity contribution in [3.8, 4) is 0 Å². The lowest BCUT2D eigenvalue weighted by atomic mass is 9.96. The van der Waals surface area contributed by atoms with E-state index >= 15 is 0 Å². The topological polar surface area (TPSA) is 78.7 Å². The summed E-state index contributed by atoms with van der Waals surface area (Å²) in [5.41, 5.74) is 5.80. The van der Waals surface area contributed by atoms with Crippen molar-refractivity contribution >= 4 is 11.9 Å². The Labute approximate surface area is 138 Å². The lowest BCUT2D eigenvalue weighted by Gasteiger charge is -2.35. The fraction of sp³-hybridized carbons (Fsp3) is 0.882. The number of rotatable bonds is 3. The molecule has 3 unspecified atom stereocenters. The molecule has 3 atom stereocenters. The smallest absolute Gasteiger partial charge is 0.320 e. The highest BCUT2D eigenvalue weighted by Gasteiger charge is 2.34. The molecule has 0 bridgehead atoms. The summed E-state index contributed by atoms with van der Waals surface area (Å²) < 4.78 is 0. The number of nitrogens with two attached hydrogens (primary N) is 1. The monoisotopic (exact) mass is 322 g/mol. The Balaban J connectivity index is 1.53. The van der Waals surface area contributed by atoms with E-state index in [9.17, 15) is 9.59 Å². The Bertz CT molecular complexity index is 436. The van der Waals surface area contributed by atoms with Crippen molar-refractivity contribution in [3.05, 3.63) is 0 Å². The number of amides is 3. The molecule has 3 amide bonds. The molecule has 130 valence electrons. The zero-order valence-electron chi connectivity index (χ0n) is 14.0. The number of nitrogens with zero attached hydrogens (tertiary/aromatic N) is 2. The number of nitrogens with one attached hydrogen (secondary N) is 1. The largest absolute Gasteiger partial charge is 0.353 e. The van der Waals surface area contributed by atoms with Gasteiger partial charge in [-0.25, -0.2) is 4.79 Å². The van der Waals surface area contributed by atoms with Crippen LogP contribution in [-0.2, 0) is 4.79 Å². The fourth-order valence-corrected chi connectivity index (χ4v) is 4.28. The third-order valence-electron chi connectivity index (χ3n) is 5.73. The Morgan fingerprint density at radius 3 is 2.43 bits per heavy atom. The Kier molecular flexibility index (Phi) is 5.41. The summed E-state index contributed by atoms with van der Waals surface area (Å²) in [4.78, 5) is 28.9. The van der Waals surface area contributed by atoms with Crippen LogP contribution in [0.5, 0.6) is 0 Å². The SMILES string of the molecule is NCC1CCCC1NC(=O)C1CCCN(C(=O)N2CCCC2)C1. The lowest BCUT2D eigenvalue weighted by Crippen LogP contribution is -2.51. The van der Waals surface area contributed by atoms with Crippen molar-refractivity contribution in [1.29, 1.82) is 0 Å². The molecule has 3 aliphatic rings. The van der Waals surface area contributed by atoms with Crippen LogP contribution in [0, 0.1) is 11.8 Å². The maximum absolute atomic E-state index is 12.6. The van der Waals surface area contributed by atoms with Gasteiger partial charge in [0.15, 0.2) is 0 Å². The molecule has 0 aromatic rings. The number of likely N-dealkylation sites (tertiary alicyclic amines) is 2. The van der Waals surface area contributed by atoms with Crippen LogP contribution >= 0.6 is 0 Å². The Morgan fingerprint density at radius 2 is 1.70 bits per heavy atom. The highest BCUT2D eigenvalue weighted by atomic mass is 16.2. The molecule has 6 nitrogen and oxygen atoms in total. The minimum absolute atomic E-state index is 0.0608. The molecule has 0 spiro atoms. The number of carbonyl (C=O) groups excluding carboxylic acids is 2. The maximum atomic E-state index is 12.6. The minimum Gasteiger partial charge on any atom is -0.353 e. The molecular formula is C17H30N4O2. The molecule has 2 saturated heterocycles. The van der Waals surface area contributed by atoms with Crippen LogP contribution in [0.25, 0.3) is 0 Å². The Morgan fingerprint density at radius 1 is 0.957 bits per heavy atom. The molecular weight excluding hydrogens is 292 g/mol. The average molecular weight is 322 g/mol. The van der Waals surface area contributed by atoms with Crippen molar-refractivity contribution in [2.24, 2.45) is 17.6 Å². The first kappa shape index (κ1) is 16.6. The second kappa shape index (κ2) is 7.51. The van der Waals surface area contributed by atoms with Gasteiger partial charge in [-0.2, -0.15) is 0 Å². The second-order valence-electron chi connectivity index (χ2n) is 7.30. The molecule has 0 radical (unpaired) electrons. The van der Waals surface area contributed by atoms with Crippen LogP contribution in [-0.4, -0.2) is 60.5 Å². The zero-order valence-corrected chi connectivity index (χ0v) is 14.0. The van der Waals surface area contributed by atoms with E-state index < -0.39 is 0 Å². The molecule has 2 heterocycles. The van der Waals surface area contributed by atoms with Crippen LogP contribution in [0.2, 0.25) is 0 Å². The van der Waals surface area contributed by atoms with Gasteiger partial charge >= 0.3 is 6.03 Å². The molecule has 3 fully saturated rings. The molecule has 1 aliphatic carbocycles. The molecule has 3 rings (SSSR count). The normalized spacial score (nSPS) is 31.4. The van der Waals surface area contributed by atoms with E-state index in [0.29, 0.717) is 19.0 Å². The van der Waals surface area contributed by atoms with Crippen molar-refractivity contribution in [2.75, 3.05) is 32.7 Å². The van der Waals surface area contributed by atoms with Gasteiger partial charge < -0.3 is 20.9 Å². The van der Waals surface area contributed by atoms with Gasteiger partial charge in [0.2, 0.25) is 5.91 Å². The molecule has 0 aromatic carbocycles. The van der Waals surface area contributed by atoms with Crippen LogP contribution in [0.1, 0.15) is 44.9 Å². The van der Waals surface area contributed by atoms with Gasteiger partial charge in [-0.3, -0.25) is 4.79 Å². The van der Waals surface area contributed by atoms with Gasteiger partial charge in [0.25, 0.3) is 0 Å². The summed E-state index contributed by atoms with van der Waals surface area (Å²) in [6, 6.07) is 0.359. The predicted octanol–water partition coefficient (Wildman–Crippen LogP) is 1.16. The Hall–Kier alpha value is -1.30. The van der Waals surface area contributed by atoms with Crippen LogP contribution in [0.15, 0.2) is 0 Å². The number of urea groups is 1. The second-order valence-corrected chi connectivity index (χ2v) is 7.30. The molecule has 1 saturated carbocycles. The number of hydrogen-bond donors (Lipinski definition) is 2. The number of carbonyl (C=O) groups is 2. The van der Waals surface area contributed by atoms with Gasteiger partial charge in [-0.15, -0.1) is 0 Å². The standard InChI is InChI=1S/C17H30N4O2/c18-11-13-5-3-7-15(13)19-16(22)14-6-4-10-21(12-14)17(23)20-8-1-2-9-20/h13-15H,1-12,18H2,(H,19,22). The molecule has 6 heteroatoms. The van der Waals surface area contributed by atoms with Crippen LogP contribution in [0.3, 0.4) is 0 Å². The van der Waals surface area contributed by atoms with Crippen molar-refractivity contribution in [2.45, 2.75) is 51.0 Å². The summed E-state index contributed by atoms with van der Waals surface area (Å²) in [5.74, 6) is 0.480. The quantitative estimate of drug-likeness (QED) is 0.818. The fourth-order valence-electron chi connectivity index (χ4n) is 4.28. The summed E-state index contributed by atoms with van der Waals surface area (Å²) in [6.07, 6.45) is 7.31. The summed E-state index contributed by atoms with van der Waals surface area (Å²) in [5, 5.41) is 3.21. The van der Waals surface area contributed by atoms with Gasteiger partial charge in [0.05, 0.1) is 5.92 Å². The minimum atomic E-state index is -0.0608. The first-order chi connectivity index (χ1) is 11.2. The van der Waals surface area contributed by atoms with E-state index in [1.165, 1.54) is 0 Å². The predicted molar refractivity (Wildman–Crippen MR) is 88.8 cm³/mol. The first-order valence-corrected chi connectivity index (χ1v) is 9.23. The third kappa shape index (κ3) is 3.79. The van der Waals surface area contributed by atoms with Gasteiger partial charge in [-0.1, -0.05) is 6.42 Å². The average Bonchev–Trinajstić information content (AvgIpc) is 3.25. The van der Waals surface area contributed by atoms with E-state index in [2.05, 4.69) is 5.32 Å². The van der Waals surface area contributed by atoms with Crippen molar-refractivity contribution in [1.82, 2.24) is 15.1 Å². The zero-order chi connectivity index (χ0) is 16.2. The lowest BCUT2D eigenvalue weighted by molar-refractivity contribution is -0.127. The molecule has 2 aliphatic heterocycles. The van der Waals surface area contributed by atoms with Crippen LogP contribution in [0.4, 0.5) is 4.79 Å². The van der Waals surface area contributed by atoms with Crippen LogP contribution < -0.4 is 11.1 Å². The number of piperidine rings is 1. The van der Waals surface area contributed by atoms with Gasteiger partial charge in [0.1, 0.15) is 0 Å². The maximum Gasteiger partial charge on any atom is 0.320 e. The highest BCUT2D eigenvalue weighted by Crippen LogP contribution is 2.26. The first-order valence-electron chi connectivity index (χ1n) is 9.23. The van der Waals surface area contributed by atoms with Crippen molar-refractivity contribution in [3.63, 3.8) is 0 Å². The summed E-state index contributed by atoms with van der Waals surface area (Å²) in [6.45, 7) is 3.74. The summed E-state index contributed by atoms with van der Waals surface area (Å²) in [7, 11) is 0. The highest BCUT2D eigenvalue weighted by molar-refractivity contribution is 5.81. The van der Waals surface area contributed by atoms with E-state index in [1.807, 2.05) is 9.80 Å². The van der Waals surface area contributed by atoms with Gasteiger partial charge in [0, 0.05) is 32.2 Å². The van der Waals surface area contributed by atoms with E-state index in [0.717, 1.165) is 64.6 Å². The molecule has 0 aromatic heterocycles. The van der Waals surface area contributed by atoms with E-state index in [1.54, 1.807) is 0 Å². The van der Waals surface area contributed by atoms with E-state index in [-0.39, 0.29) is 23.9 Å². The summed E-state index contributed by atoms with van der Waals surface area (Å²) >= 11 is 0. The van der Waals surface area contributed by atoms with E-state index in [4.69, 9.17) is 5.73 Å². The van der Waals surface area contributed by atoms with Crippen molar-refractivity contribution < 1.29 is 9.59 Å². The van der Waals surface area contributed by atoms with Gasteiger partial charge in [-0.05, 0) is 51.0 Å². The number of hydrogen-bond acceptors (Lipinski definition) is 3. The molecule has 23 heavy (non-hydrogen) atoms.